The molecule has 3 aromatic rings. The summed E-state index contributed by atoms with van der Waals surface area (Å²) in [5.41, 5.74) is 6.71. The molecule has 0 radical (unpaired) electrons. The number of nitrogens with zero attached hydrogens (tertiary/aromatic N) is 4. The zero-order chi connectivity index (χ0) is 14.3. The normalized spacial score (nSPS) is 10.9. The van der Waals surface area contributed by atoms with Crippen LogP contribution in [-0.4, -0.2) is 26.6 Å². The second kappa shape index (κ2) is 4.61. The molecule has 6 nitrogen and oxygen atoms in total. The van der Waals surface area contributed by atoms with Gasteiger partial charge in [-0.25, -0.2) is 14.4 Å². The molecular weight excluding hydrogens is 285 g/mol. The van der Waals surface area contributed by atoms with Crippen LogP contribution in [0.4, 0.5) is 10.3 Å². The van der Waals surface area contributed by atoms with Gasteiger partial charge in [0.2, 0.25) is 11.8 Å². The van der Waals surface area contributed by atoms with Gasteiger partial charge in [-0.2, -0.15) is 4.98 Å². The minimum Gasteiger partial charge on any atom is -0.479 e. The Labute approximate surface area is 118 Å². The third kappa shape index (κ3) is 1.83. The summed E-state index contributed by atoms with van der Waals surface area (Å²) in [6, 6.07) is 4.15. The van der Waals surface area contributed by atoms with Crippen LogP contribution >= 0.6 is 11.6 Å². The second-order valence-corrected chi connectivity index (χ2v) is 4.39. The standard InChI is InChI=1S/C12H9ClFN5O/c1-20-11-9-10(16-5-17-11)19(12(15)18-9)8-4-6(13)2-3-7(8)14/h2-5H,1H3,(H2,15,18). The van der Waals surface area contributed by atoms with Gasteiger partial charge in [-0.15, -0.1) is 0 Å². The third-order valence-corrected chi connectivity index (χ3v) is 3.01. The number of nitrogens with two attached hydrogens (primary N) is 1. The average Bonchev–Trinajstić information content (AvgIpc) is 2.77. The number of aromatic nitrogens is 4. The molecule has 0 spiro atoms. The fraction of sp³-hybridized carbons (Fsp3) is 0.0833. The molecule has 20 heavy (non-hydrogen) atoms. The van der Waals surface area contributed by atoms with E-state index in [0.717, 1.165) is 0 Å². The number of hydrogen-bond donors (Lipinski definition) is 1. The smallest absolute Gasteiger partial charge is 0.245 e. The summed E-state index contributed by atoms with van der Waals surface area (Å²) in [7, 11) is 1.46. The molecule has 0 aliphatic rings. The highest BCUT2D eigenvalue weighted by atomic mass is 35.5. The first-order chi connectivity index (χ1) is 9.61. The van der Waals surface area contributed by atoms with Crippen LogP contribution < -0.4 is 10.5 Å². The van der Waals surface area contributed by atoms with Crippen molar-refractivity contribution in [3.05, 3.63) is 35.4 Å². The van der Waals surface area contributed by atoms with Gasteiger partial charge in [0.05, 0.1) is 12.8 Å². The van der Waals surface area contributed by atoms with E-state index in [0.29, 0.717) is 16.2 Å². The molecule has 0 amide bonds. The van der Waals surface area contributed by atoms with Gasteiger partial charge < -0.3 is 10.5 Å². The number of ether oxygens (including phenoxy) is 1. The first kappa shape index (κ1) is 12.6. The lowest BCUT2D eigenvalue weighted by Gasteiger charge is -2.07. The quantitative estimate of drug-likeness (QED) is 0.783. The van der Waals surface area contributed by atoms with E-state index in [1.165, 1.54) is 36.2 Å². The molecule has 3 rings (SSSR count). The number of hydrogen-bond acceptors (Lipinski definition) is 5. The molecule has 0 aliphatic heterocycles. The molecule has 2 heterocycles. The highest BCUT2D eigenvalue weighted by molar-refractivity contribution is 6.30. The van der Waals surface area contributed by atoms with Gasteiger partial charge >= 0.3 is 0 Å². The molecular formula is C12H9ClFN5O. The molecule has 0 unspecified atom stereocenters. The van der Waals surface area contributed by atoms with Crippen molar-refractivity contribution in [3.8, 4) is 11.6 Å². The summed E-state index contributed by atoms with van der Waals surface area (Å²) in [6.45, 7) is 0. The topological polar surface area (TPSA) is 78.8 Å². The fourth-order valence-corrected chi connectivity index (χ4v) is 2.10. The predicted molar refractivity (Wildman–Crippen MR) is 72.6 cm³/mol. The lowest BCUT2D eigenvalue weighted by atomic mass is 10.3. The van der Waals surface area contributed by atoms with Crippen molar-refractivity contribution in [1.82, 2.24) is 19.5 Å². The summed E-state index contributed by atoms with van der Waals surface area (Å²) in [6.07, 6.45) is 1.29. The van der Waals surface area contributed by atoms with Gasteiger partial charge in [-0.05, 0) is 18.2 Å². The Morgan fingerprint density at radius 1 is 1.35 bits per heavy atom. The molecule has 0 bridgehead atoms. The maximum atomic E-state index is 14.0. The minimum atomic E-state index is -0.488. The van der Waals surface area contributed by atoms with Crippen LogP contribution in [-0.2, 0) is 0 Å². The highest BCUT2D eigenvalue weighted by Crippen LogP contribution is 2.28. The number of halogens is 2. The van der Waals surface area contributed by atoms with Gasteiger partial charge in [0.25, 0.3) is 0 Å². The molecule has 0 aliphatic carbocycles. The molecule has 0 saturated heterocycles. The lowest BCUT2D eigenvalue weighted by molar-refractivity contribution is 0.401. The van der Waals surface area contributed by atoms with Gasteiger partial charge in [0.1, 0.15) is 12.1 Å². The van der Waals surface area contributed by atoms with Crippen LogP contribution in [0.1, 0.15) is 0 Å². The molecule has 2 aromatic heterocycles. The van der Waals surface area contributed by atoms with E-state index < -0.39 is 5.82 Å². The molecule has 102 valence electrons. The van der Waals surface area contributed by atoms with E-state index in [2.05, 4.69) is 15.0 Å². The SMILES string of the molecule is COc1ncnc2c1nc(N)n2-c1cc(Cl)ccc1F. The Morgan fingerprint density at radius 3 is 2.90 bits per heavy atom. The van der Waals surface area contributed by atoms with Gasteiger partial charge in [-0.3, -0.25) is 4.57 Å². The lowest BCUT2D eigenvalue weighted by Crippen LogP contribution is -2.04. The van der Waals surface area contributed by atoms with Crippen molar-refractivity contribution >= 4 is 28.7 Å². The maximum Gasteiger partial charge on any atom is 0.245 e. The Balaban J connectivity index is 2.37. The number of rotatable bonds is 2. The number of fused-ring (bicyclic) bond motifs is 1. The van der Waals surface area contributed by atoms with Gasteiger partial charge in [0, 0.05) is 5.02 Å². The first-order valence-corrected chi connectivity index (χ1v) is 5.98. The third-order valence-electron chi connectivity index (χ3n) is 2.78. The van der Waals surface area contributed by atoms with E-state index in [1.807, 2.05) is 0 Å². The van der Waals surface area contributed by atoms with E-state index in [9.17, 15) is 4.39 Å². The van der Waals surface area contributed by atoms with Crippen molar-refractivity contribution in [2.45, 2.75) is 0 Å². The second-order valence-electron chi connectivity index (χ2n) is 3.96. The number of anilines is 1. The van der Waals surface area contributed by atoms with Gasteiger partial charge in [-0.1, -0.05) is 11.6 Å². The van der Waals surface area contributed by atoms with E-state index in [1.54, 1.807) is 0 Å². The molecule has 0 fully saturated rings. The van der Waals surface area contributed by atoms with Crippen LogP contribution in [0.5, 0.6) is 5.88 Å². The van der Waals surface area contributed by atoms with Crippen molar-refractivity contribution in [3.63, 3.8) is 0 Å². The summed E-state index contributed by atoms with van der Waals surface area (Å²) >= 11 is 5.90. The number of nitrogen functional groups attached to an aromatic ring is 1. The maximum absolute atomic E-state index is 14.0. The monoisotopic (exact) mass is 293 g/mol. The summed E-state index contributed by atoms with van der Waals surface area (Å²) < 4.78 is 20.4. The average molecular weight is 294 g/mol. The summed E-state index contributed by atoms with van der Waals surface area (Å²) in [5, 5.41) is 0.378. The minimum absolute atomic E-state index is 0.0694. The Hall–Kier alpha value is -2.41. The molecule has 2 N–H and O–H groups in total. The van der Waals surface area contributed by atoms with Crippen LogP contribution in [0.2, 0.25) is 5.02 Å². The number of methoxy groups -OCH3 is 1. The highest BCUT2D eigenvalue weighted by Gasteiger charge is 2.18. The van der Waals surface area contributed by atoms with Crippen LogP contribution in [0, 0.1) is 5.82 Å². The van der Waals surface area contributed by atoms with Crippen LogP contribution in [0.25, 0.3) is 16.9 Å². The van der Waals surface area contributed by atoms with Crippen molar-refractivity contribution < 1.29 is 9.13 Å². The molecule has 1 aromatic carbocycles. The zero-order valence-electron chi connectivity index (χ0n) is 10.3. The molecule has 8 heteroatoms. The van der Waals surface area contributed by atoms with Crippen LogP contribution in [0.15, 0.2) is 24.5 Å². The van der Waals surface area contributed by atoms with E-state index in [-0.39, 0.29) is 17.5 Å². The Bertz CT molecular complexity index is 804. The Morgan fingerprint density at radius 2 is 2.15 bits per heavy atom. The van der Waals surface area contributed by atoms with Crippen molar-refractivity contribution in [2.75, 3.05) is 12.8 Å². The summed E-state index contributed by atoms with van der Waals surface area (Å²) in [5.74, 6) is -0.152. The predicted octanol–water partition coefficient (Wildman–Crippen LogP) is 2.20. The molecule has 0 atom stereocenters. The largest absolute Gasteiger partial charge is 0.479 e. The zero-order valence-corrected chi connectivity index (χ0v) is 11.1. The van der Waals surface area contributed by atoms with E-state index >= 15 is 0 Å². The van der Waals surface area contributed by atoms with Crippen molar-refractivity contribution in [2.24, 2.45) is 0 Å². The van der Waals surface area contributed by atoms with Gasteiger partial charge in [0.15, 0.2) is 11.2 Å². The van der Waals surface area contributed by atoms with E-state index in [4.69, 9.17) is 22.1 Å². The van der Waals surface area contributed by atoms with Crippen LogP contribution in [0.3, 0.4) is 0 Å². The number of imidazole rings is 1. The molecule has 0 saturated carbocycles. The fourth-order valence-electron chi connectivity index (χ4n) is 1.93. The Kier molecular flexibility index (Phi) is 2.90. The summed E-state index contributed by atoms with van der Waals surface area (Å²) in [4.78, 5) is 12.1. The van der Waals surface area contributed by atoms with Crippen molar-refractivity contribution in [1.29, 1.82) is 0 Å². The first-order valence-electron chi connectivity index (χ1n) is 5.60. The number of benzene rings is 1.